The Morgan fingerprint density at radius 3 is 2.26 bits per heavy atom. The molecule has 3 rings (SSSR count). The van der Waals surface area contributed by atoms with Gasteiger partial charge in [-0.05, 0) is 48.6 Å². The van der Waals surface area contributed by atoms with E-state index < -0.39 is 10.0 Å². The molecule has 0 spiro atoms. The number of carbonyl (C=O) groups is 1. The van der Waals surface area contributed by atoms with Gasteiger partial charge in [0.15, 0.2) is 0 Å². The fraction of sp³-hybridized carbons (Fsp3) is 0.381. The van der Waals surface area contributed by atoms with E-state index in [2.05, 4.69) is 12.2 Å². The van der Waals surface area contributed by atoms with Gasteiger partial charge in [-0.1, -0.05) is 43.7 Å². The Labute approximate surface area is 161 Å². The predicted octanol–water partition coefficient (Wildman–Crippen LogP) is 3.39. The first kappa shape index (κ1) is 19.6. The SMILES string of the molecule is C[C@H](CNC(=O)c1ccc(S(=O)(=O)N2CCCCC2)cc1)c1ccccc1. The molecular weight excluding hydrogens is 360 g/mol. The monoisotopic (exact) mass is 386 g/mol. The fourth-order valence-corrected chi connectivity index (χ4v) is 4.80. The minimum absolute atomic E-state index is 0.195. The number of rotatable bonds is 6. The average Bonchev–Trinajstić information content (AvgIpc) is 2.73. The van der Waals surface area contributed by atoms with Crippen LogP contribution in [0.2, 0.25) is 0 Å². The molecule has 1 fully saturated rings. The summed E-state index contributed by atoms with van der Waals surface area (Å²) in [5.74, 6) is 0.00797. The van der Waals surface area contributed by atoms with E-state index in [1.807, 2.05) is 30.3 Å². The van der Waals surface area contributed by atoms with E-state index in [4.69, 9.17) is 0 Å². The normalized spacial score (nSPS) is 16.6. The lowest BCUT2D eigenvalue weighted by Crippen LogP contribution is -2.35. The second-order valence-electron chi connectivity index (χ2n) is 7.01. The number of carbonyl (C=O) groups excluding carboxylic acids is 1. The van der Waals surface area contributed by atoms with E-state index in [0.29, 0.717) is 25.2 Å². The van der Waals surface area contributed by atoms with Crippen molar-refractivity contribution in [1.82, 2.24) is 9.62 Å². The molecule has 6 heteroatoms. The van der Waals surface area contributed by atoms with Gasteiger partial charge >= 0.3 is 0 Å². The maximum absolute atomic E-state index is 12.7. The number of nitrogens with one attached hydrogen (secondary N) is 1. The second kappa shape index (κ2) is 8.67. The molecule has 2 aromatic carbocycles. The Morgan fingerprint density at radius 1 is 1.00 bits per heavy atom. The molecule has 1 saturated heterocycles. The van der Waals surface area contributed by atoms with E-state index in [1.54, 1.807) is 12.1 Å². The molecule has 1 atom stereocenters. The van der Waals surface area contributed by atoms with Crippen molar-refractivity contribution in [2.45, 2.75) is 37.0 Å². The van der Waals surface area contributed by atoms with Crippen LogP contribution in [-0.2, 0) is 10.0 Å². The molecule has 1 aliphatic heterocycles. The second-order valence-corrected chi connectivity index (χ2v) is 8.95. The maximum Gasteiger partial charge on any atom is 0.251 e. The Hall–Kier alpha value is -2.18. The summed E-state index contributed by atoms with van der Waals surface area (Å²) in [4.78, 5) is 12.6. The highest BCUT2D eigenvalue weighted by atomic mass is 32.2. The van der Waals surface area contributed by atoms with Crippen molar-refractivity contribution in [2.75, 3.05) is 19.6 Å². The van der Waals surface area contributed by atoms with Gasteiger partial charge in [-0.15, -0.1) is 0 Å². The van der Waals surface area contributed by atoms with Crippen molar-refractivity contribution < 1.29 is 13.2 Å². The van der Waals surface area contributed by atoms with Crippen LogP contribution in [0.25, 0.3) is 0 Å². The highest BCUT2D eigenvalue weighted by Gasteiger charge is 2.25. The lowest BCUT2D eigenvalue weighted by atomic mass is 10.0. The maximum atomic E-state index is 12.7. The van der Waals surface area contributed by atoms with E-state index in [1.165, 1.54) is 22.0 Å². The van der Waals surface area contributed by atoms with Gasteiger partial charge in [0.25, 0.3) is 5.91 Å². The summed E-state index contributed by atoms with van der Waals surface area (Å²) in [6.07, 6.45) is 2.88. The van der Waals surface area contributed by atoms with Gasteiger partial charge in [-0.25, -0.2) is 8.42 Å². The van der Waals surface area contributed by atoms with Crippen molar-refractivity contribution in [3.8, 4) is 0 Å². The predicted molar refractivity (Wildman–Crippen MR) is 106 cm³/mol. The zero-order valence-electron chi connectivity index (χ0n) is 15.6. The summed E-state index contributed by atoms with van der Waals surface area (Å²) in [7, 11) is -3.46. The molecule has 0 unspecified atom stereocenters. The molecule has 2 aromatic rings. The van der Waals surface area contributed by atoms with Crippen LogP contribution in [-0.4, -0.2) is 38.3 Å². The Kier molecular flexibility index (Phi) is 6.29. The van der Waals surface area contributed by atoms with E-state index >= 15 is 0 Å². The lowest BCUT2D eigenvalue weighted by Gasteiger charge is -2.25. The standard InChI is InChI=1S/C21H26N2O3S/c1-17(18-8-4-2-5-9-18)16-22-21(24)19-10-12-20(13-11-19)27(25,26)23-14-6-3-7-15-23/h2,4-5,8-13,17H,3,6-7,14-16H2,1H3,(H,22,24)/t17-/m1/s1. The van der Waals surface area contributed by atoms with Crippen molar-refractivity contribution in [3.63, 3.8) is 0 Å². The topological polar surface area (TPSA) is 66.5 Å². The highest BCUT2D eigenvalue weighted by molar-refractivity contribution is 7.89. The average molecular weight is 387 g/mol. The largest absolute Gasteiger partial charge is 0.351 e. The molecule has 144 valence electrons. The quantitative estimate of drug-likeness (QED) is 0.827. The molecule has 0 radical (unpaired) electrons. The molecule has 0 aliphatic carbocycles. The summed E-state index contributed by atoms with van der Waals surface area (Å²) < 4.78 is 26.9. The van der Waals surface area contributed by atoms with E-state index in [9.17, 15) is 13.2 Å². The number of sulfonamides is 1. The van der Waals surface area contributed by atoms with Crippen LogP contribution in [0.15, 0.2) is 59.5 Å². The minimum atomic E-state index is -3.46. The molecule has 5 nitrogen and oxygen atoms in total. The molecule has 0 bridgehead atoms. The number of benzene rings is 2. The Bertz CT molecular complexity index is 858. The zero-order valence-corrected chi connectivity index (χ0v) is 16.4. The molecule has 0 saturated carbocycles. The van der Waals surface area contributed by atoms with Gasteiger partial charge in [0.2, 0.25) is 10.0 Å². The summed E-state index contributed by atoms with van der Waals surface area (Å²) in [5, 5.41) is 2.92. The third kappa shape index (κ3) is 4.76. The van der Waals surface area contributed by atoms with Gasteiger partial charge in [0, 0.05) is 25.2 Å². The number of piperidine rings is 1. The molecule has 0 aromatic heterocycles. The van der Waals surface area contributed by atoms with Crippen LogP contribution in [0.4, 0.5) is 0 Å². The minimum Gasteiger partial charge on any atom is -0.351 e. The van der Waals surface area contributed by atoms with Crippen molar-refractivity contribution >= 4 is 15.9 Å². The summed E-state index contributed by atoms with van der Waals surface area (Å²) in [6.45, 7) is 3.73. The summed E-state index contributed by atoms with van der Waals surface area (Å²) in [6, 6.07) is 16.2. The first-order valence-corrected chi connectivity index (χ1v) is 10.9. The van der Waals surface area contributed by atoms with Crippen molar-refractivity contribution in [3.05, 3.63) is 65.7 Å². The molecule has 1 aliphatic rings. The molecule has 27 heavy (non-hydrogen) atoms. The number of hydrogen-bond acceptors (Lipinski definition) is 3. The van der Waals surface area contributed by atoms with Gasteiger partial charge in [-0.3, -0.25) is 4.79 Å². The molecular formula is C21H26N2O3S. The van der Waals surface area contributed by atoms with Gasteiger partial charge in [-0.2, -0.15) is 4.31 Å². The van der Waals surface area contributed by atoms with Gasteiger partial charge < -0.3 is 5.32 Å². The van der Waals surface area contributed by atoms with Crippen molar-refractivity contribution in [1.29, 1.82) is 0 Å². The first-order chi connectivity index (χ1) is 13.0. The lowest BCUT2D eigenvalue weighted by molar-refractivity contribution is 0.0951. The third-order valence-electron chi connectivity index (χ3n) is 5.01. The van der Waals surface area contributed by atoms with Crippen molar-refractivity contribution in [2.24, 2.45) is 0 Å². The van der Waals surface area contributed by atoms with Crippen LogP contribution in [0.3, 0.4) is 0 Å². The van der Waals surface area contributed by atoms with E-state index in [0.717, 1.165) is 19.3 Å². The summed E-state index contributed by atoms with van der Waals surface area (Å²) in [5.41, 5.74) is 1.63. The van der Waals surface area contributed by atoms with Crippen LogP contribution < -0.4 is 5.32 Å². The molecule has 1 N–H and O–H groups in total. The number of nitrogens with zero attached hydrogens (tertiary/aromatic N) is 1. The third-order valence-corrected chi connectivity index (χ3v) is 6.92. The number of amides is 1. The summed E-state index contributed by atoms with van der Waals surface area (Å²) >= 11 is 0. The fourth-order valence-electron chi connectivity index (χ4n) is 3.28. The van der Waals surface area contributed by atoms with Crippen LogP contribution >= 0.6 is 0 Å². The van der Waals surface area contributed by atoms with Crippen LogP contribution in [0.1, 0.15) is 48.0 Å². The zero-order chi connectivity index (χ0) is 19.3. The number of hydrogen-bond donors (Lipinski definition) is 1. The smallest absolute Gasteiger partial charge is 0.251 e. The molecule has 1 heterocycles. The van der Waals surface area contributed by atoms with Gasteiger partial charge in [0.1, 0.15) is 0 Å². The molecule has 1 amide bonds. The van der Waals surface area contributed by atoms with Gasteiger partial charge in [0.05, 0.1) is 4.90 Å². The first-order valence-electron chi connectivity index (χ1n) is 9.42. The van der Waals surface area contributed by atoms with E-state index in [-0.39, 0.29) is 16.7 Å². The highest BCUT2D eigenvalue weighted by Crippen LogP contribution is 2.21. The van der Waals surface area contributed by atoms with Crippen LogP contribution in [0, 0.1) is 0 Å². The Morgan fingerprint density at radius 2 is 1.63 bits per heavy atom. The van der Waals surface area contributed by atoms with Crippen LogP contribution in [0.5, 0.6) is 0 Å². The Balaban J connectivity index is 1.62.